The molecular weight excluding hydrogens is 543 g/mol. The smallest absolute Gasteiger partial charge is 0.119 e. The van der Waals surface area contributed by atoms with E-state index in [9.17, 15) is 0 Å². The number of nitrogens with zero attached hydrogens (tertiary/aromatic N) is 1. The van der Waals surface area contributed by atoms with Crippen LogP contribution in [-0.4, -0.2) is 50.1 Å². The predicted molar refractivity (Wildman–Crippen MR) is 172 cm³/mol. The summed E-state index contributed by atoms with van der Waals surface area (Å²) in [5.41, 5.74) is 3.19. The van der Waals surface area contributed by atoms with Gasteiger partial charge in [-0.15, -0.1) is 12.4 Å². The zero-order valence-corrected chi connectivity index (χ0v) is 27.0. The number of hydrogen-bond acceptors (Lipinski definition) is 4. The topological polar surface area (TPSA) is 64.7 Å². The minimum atomic E-state index is 0. The van der Waals surface area contributed by atoms with Crippen LogP contribution in [0, 0.1) is 5.41 Å². The molecule has 3 aromatic rings. The highest BCUT2D eigenvalue weighted by Gasteiger charge is 2.27. The Hall–Kier alpha value is -2.28. The van der Waals surface area contributed by atoms with Gasteiger partial charge in [0.1, 0.15) is 31.2 Å². The fraction of sp³-hybridized carbons (Fsp3) is 0.455. The Balaban J connectivity index is 0.00000130. The summed E-state index contributed by atoms with van der Waals surface area (Å²) in [6.07, 6.45) is 1.15. The fourth-order valence-electron chi connectivity index (χ4n) is 4.65. The number of hydrogen-bond donors (Lipinski definition) is 2. The molecule has 5 nitrogen and oxygen atoms in total. The maximum atomic E-state index is 8.63. The van der Waals surface area contributed by atoms with Crippen LogP contribution >= 0.6 is 24.2 Å². The first-order valence-electron chi connectivity index (χ1n) is 13.5. The molecule has 0 saturated carbocycles. The first-order valence-corrected chi connectivity index (χ1v) is 13.9. The third kappa shape index (κ3) is 16.7. The lowest BCUT2D eigenvalue weighted by molar-refractivity contribution is -0.904. The van der Waals surface area contributed by atoms with E-state index in [0.717, 1.165) is 36.3 Å². The van der Waals surface area contributed by atoms with Gasteiger partial charge >= 0.3 is 0 Å². The summed E-state index contributed by atoms with van der Waals surface area (Å²) in [6, 6.07) is 27.9. The van der Waals surface area contributed by atoms with Gasteiger partial charge in [0.25, 0.3) is 0 Å². The maximum absolute atomic E-state index is 8.63. The quantitative estimate of drug-likeness (QED) is 0.134. The van der Waals surface area contributed by atoms with Gasteiger partial charge in [0.05, 0.1) is 27.3 Å². The van der Waals surface area contributed by atoms with Gasteiger partial charge in [-0.25, -0.2) is 5.25 Å². The van der Waals surface area contributed by atoms with Gasteiger partial charge in [-0.2, -0.15) is 0 Å². The molecule has 0 bridgehead atoms. The van der Waals surface area contributed by atoms with Gasteiger partial charge in [-0.05, 0) is 58.9 Å². The summed E-state index contributed by atoms with van der Waals surface area (Å²) < 4.78 is 12.6. The van der Waals surface area contributed by atoms with Crippen molar-refractivity contribution in [2.24, 2.45) is 10.7 Å². The van der Waals surface area contributed by atoms with E-state index in [1.165, 1.54) is 11.1 Å². The largest absolute Gasteiger partial charge is 0.508 e. The highest BCUT2D eigenvalue weighted by atomic mass is 35.5. The molecule has 3 N–H and O–H groups in total. The Bertz CT molecular complexity index is 1020. The fourth-order valence-corrected chi connectivity index (χ4v) is 4.65. The molecular formula is C33H51Cl2N2O3+. The van der Waals surface area contributed by atoms with Crippen molar-refractivity contribution in [3.8, 4) is 11.5 Å². The van der Waals surface area contributed by atoms with Crippen LogP contribution in [0.4, 0.5) is 0 Å². The van der Waals surface area contributed by atoms with Gasteiger partial charge < -0.3 is 19.1 Å². The zero-order valence-electron chi connectivity index (χ0n) is 25.4. The third-order valence-electron chi connectivity index (χ3n) is 6.16. The standard InChI is InChI=1S/C27H42NO2.C6H6O.ClH2N.ClH/c1-26(2,3)22-27(4,5)24-13-15-25(16-14-24)30-20-19-29-18-17-28(6,7)21-23-11-9-8-10-12-23;7-6-4-2-1-3-5-6;1-2;/h8-16H,17-22H2,1-7H3;1-5,7H;2H2;1H/q+1;;;. The van der Waals surface area contributed by atoms with Crippen molar-refractivity contribution in [2.45, 2.75) is 53.0 Å². The molecule has 0 heterocycles. The van der Waals surface area contributed by atoms with Crippen LogP contribution in [-0.2, 0) is 16.7 Å². The van der Waals surface area contributed by atoms with Crippen LogP contribution in [0.1, 0.15) is 52.2 Å². The molecule has 3 rings (SSSR count). The summed E-state index contributed by atoms with van der Waals surface area (Å²) >= 11 is 4.14. The Morgan fingerprint density at radius 2 is 1.27 bits per heavy atom. The second-order valence-corrected chi connectivity index (χ2v) is 12.2. The molecule has 0 spiro atoms. The van der Waals surface area contributed by atoms with E-state index in [2.05, 4.69) is 120 Å². The summed E-state index contributed by atoms with van der Waals surface area (Å²) in [5.74, 6) is 1.23. The number of para-hydroxylation sites is 1. The van der Waals surface area contributed by atoms with Crippen molar-refractivity contribution in [1.82, 2.24) is 0 Å². The summed E-state index contributed by atoms with van der Waals surface area (Å²) in [5, 5.41) is 12.6. The molecule has 40 heavy (non-hydrogen) atoms. The molecule has 7 heteroatoms. The number of halogens is 2. The molecule has 0 amide bonds. The number of benzene rings is 3. The van der Waals surface area contributed by atoms with Crippen LogP contribution in [0.15, 0.2) is 84.9 Å². The average Bonchev–Trinajstić information content (AvgIpc) is 2.87. The number of nitrogens with two attached hydrogens (primary N) is 1. The summed E-state index contributed by atoms with van der Waals surface area (Å²) in [6.45, 7) is 15.5. The highest BCUT2D eigenvalue weighted by Crippen LogP contribution is 2.36. The minimum absolute atomic E-state index is 0. The molecule has 0 aromatic heterocycles. The van der Waals surface area contributed by atoms with Gasteiger partial charge in [0.15, 0.2) is 0 Å². The molecule has 0 aliphatic rings. The van der Waals surface area contributed by atoms with E-state index in [0.29, 0.717) is 24.4 Å². The van der Waals surface area contributed by atoms with Crippen molar-refractivity contribution < 1.29 is 19.1 Å². The number of quaternary nitrogens is 1. The first-order chi connectivity index (χ1) is 18.4. The van der Waals surface area contributed by atoms with Gasteiger partial charge in [0.2, 0.25) is 0 Å². The maximum Gasteiger partial charge on any atom is 0.119 e. The summed E-state index contributed by atoms with van der Waals surface area (Å²) in [4.78, 5) is 0. The van der Waals surface area contributed by atoms with E-state index in [1.54, 1.807) is 24.3 Å². The Morgan fingerprint density at radius 1 is 0.750 bits per heavy atom. The van der Waals surface area contributed by atoms with Crippen LogP contribution < -0.4 is 9.99 Å². The molecule has 0 aliphatic carbocycles. The number of ether oxygens (including phenoxy) is 2. The number of rotatable bonds is 11. The van der Waals surface area contributed by atoms with Gasteiger partial charge in [-0.3, -0.25) is 0 Å². The SMILES string of the molecule is CC(C)(C)CC(C)(C)c1ccc(OCCOCC[N+](C)(C)Cc2ccccc2)cc1.Cl.NCl.Oc1ccccc1. The van der Waals surface area contributed by atoms with Gasteiger partial charge in [-0.1, -0.05) is 95.3 Å². The zero-order chi connectivity index (χ0) is 29.4. The van der Waals surface area contributed by atoms with Crippen molar-refractivity contribution in [1.29, 1.82) is 0 Å². The van der Waals surface area contributed by atoms with Crippen LogP contribution in [0.5, 0.6) is 11.5 Å². The lowest BCUT2D eigenvalue weighted by Crippen LogP contribution is -2.41. The third-order valence-corrected chi connectivity index (χ3v) is 6.16. The molecule has 224 valence electrons. The highest BCUT2D eigenvalue weighted by molar-refractivity contribution is 6.11. The second kappa shape index (κ2) is 19.0. The Morgan fingerprint density at radius 3 is 1.75 bits per heavy atom. The average molecular weight is 595 g/mol. The first kappa shape index (κ1) is 37.7. The summed E-state index contributed by atoms with van der Waals surface area (Å²) in [7, 11) is 4.49. The normalized spacial score (nSPS) is 11.2. The van der Waals surface area contributed by atoms with Crippen molar-refractivity contribution >= 4 is 24.2 Å². The molecule has 0 radical (unpaired) electrons. The molecule has 0 unspecified atom stereocenters. The van der Waals surface area contributed by atoms with Crippen LogP contribution in [0.3, 0.4) is 0 Å². The Kier molecular flexibility index (Phi) is 17.9. The molecule has 0 saturated heterocycles. The predicted octanol–water partition coefficient (Wildman–Crippen LogP) is 7.99. The van der Waals surface area contributed by atoms with Crippen molar-refractivity contribution in [2.75, 3.05) is 40.5 Å². The second-order valence-electron chi connectivity index (χ2n) is 12.2. The monoisotopic (exact) mass is 593 g/mol. The Labute approximate surface area is 254 Å². The van der Waals surface area contributed by atoms with Crippen LogP contribution in [0.25, 0.3) is 0 Å². The number of phenolic OH excluding ortho intramolecular Hbond substituents is 1. The molecule has 0 atom stereocenters. The lowest BCUT2D eigenvalue weighted by Gasteiger charge is -2.33. The lowest BCUT2D eigenvalue weighted by atomic mass is 9.72. The van der Waals surface area contributed by atoms with E-state index in [4.69, 9.17) is 14.6 Å². The van der Waals surface area contributed by atoms with Crippen LogP contribution in [0.2, 0.25) is 0 Å². The van der Waals surface area contributed by atoms with Crippen molar-refractivity contribution in [3.63, 3.8) is 0 Å². The minimum Gasteiger partial charge on any atom is -0.508 e. The van der Waals surface area contributed by atoms with E-state index < -0.39 is 0 Å². The molecule has 0 fully saturated rings. The molecule has 3 aromatic carbocycles. The number of phenols is 1. The number of likely N-dealkylation sites (N-methyl/N-ethyl adjacent to an activating group) is 1. The van der Waals surface area contributed by atoms with E-state index in [-0.39, 0.29) is 17.8 Å². The van der Waals surface area contributed by atoms with E-state index >= 15 is 0 Å². The van der Waals surface area contributed by atoms with Gasteiger partial charge in [0, 0.05) is 5.56 Å². The van der Waals surface area contributed by atoms with E-state index in [1.807, 2.05) is 6.07 Å². The number of aromatic hydroxyl groups is 1. The molecule has 0 aliphatic heterocycles. The van der Waals surface area contributed by atoms with Crippen molar-refractivity contribution in [3.05, 3.63) is 96.1 Å².